The molecule has 1 saturated heterocycles. The zero-order valence-corrected chi connectivity index (χ0v) is 8.44. The second-order valence-corrected chi connectivity index (χ2v) is 3.84. The molecule has 2 rings (SSSR count). The van der Waals surface area contributed by atoms with E-state index in [0.29, 0.717) is 5.56 Å². The van der Waals surface area contributed by atoms with Crippen LogP contribution in [0.1, 0.15) is 18.0 Å². The molecule has 0 bridgehead atoms. The average molecular weight is 227 g/mol. The van der Waals surface area contributed by atoms with Crippen LogP contribution in [-0.2, 0) is 0 Å². The first-order chi connectivity index (χ1) is 7.58. The number of carboxylic acid groups (broad SMARTS) is 1. The van der Waals surface area contributed by atoms with Crippen molar-refractivity contribution in [2.75, 3.05) is 6.54 Å². The van der Waals surface area contributed by atoms with Gasteiger partial charge in [0, 0.05) is 6.42 Å². The molecule has 1 fully saturated rings. The normalized spacial score (nSPS) is 24.8. The summed E-state index contributed by atoms with van der Waals surface area (Å²) in [5.74, 6) is -0.440. The van der Waals surface area contributed by atoms with E-state index in [1.54, 1.807) is 6.07 Å². The van der Waals surface area contributed by atoms with Gasteiger partial charge in [-0.3, -0.25) is 4.90 Å². The number of rotatable bonds is 1. The molecule has 1 heterocycles. The number of carbonyl (C=O) groups is 1. The first-order valence-corrected chi connectivity index (χ1v) is 4.97. The van der Waals surface area contributed by atoms with Crippen LogP contribution in [0.3, 0.4) is 0 Å². The Labute approximate surface area is 91.3 Å². The number of likely N-dealkylation sites (tertiary alicyclic amines) is 1. The summed E-state index contributed by atoms with van der Waals surface area (Å²) in [5, 5.41) is 8.90. The monoisotopic (exact) mass is 227 g/mol. The third-order valence-electron chi connectivity index (χ3n) is 2.73. The van der Waals surface area contributed by atoms with Gasteiger partial charge in [0.2, 0.25) is 0 Å². The molecule has 2 atom stereocenters. The maximum Gasteiger partial charge on any atom is 0.407 e. The Bertz CT molecular complexity index is 411. The molecule has 0 spiro atoms. The van der Waals surface area contributed by atoms with Crippen molar-refractivity contribution in [2.24, 2.45) is 0 Å². The van der Waals surface area contributed by atoms with Crippen molar-refractivity contribution in [1.82, 2.24) is 4.90 Å². The Morgan fingerprint density at radius 2 is 2.25 bits per heavy atom. The lowest BCUT2D eigenvalue weighted by Crippen LogP contribution is -2.29. The molecular weight excluding hydrogens is 216 g/mol. The van der Waals surface area contributed by atoms with Crippen LogP contribution < -0.4 is 0 Å². The van der Waals surface area contributed by atoms with Gasteiger partial charge in [-0.05, 0) is 17.7 Å². The Morgan fingerprint density at radius 1 is 1.50 bits per heavy atom. The minimum Gasteiger partial charge on any atom is -0.465 e. The van der Waals surface area contributed by atoms with Crippen LogP contribution in [0, 0.1) is 5.82 Å². The van der Waals surface area contributed by atoms with Crippen LogP contribution in [0.25, 0.3) is 0 Å². The topological polar surface area (TPSA) is 40.5 Å². The van der Waals surface area contributed by atoms with Gasteiger partial charge in [0.05, 0.1) is 12.6 Å². The van der Waals surface area contributed by atoms with Crippen molar-refractivity contribution in [3.63, 3.8) is 0 Å². The average Bonchev–Trinajstić information content (AvgIpc) is 2.60. The van der Waals surface area contributed by atoms with Crippen molar-refractivity contribution in [2.45, 2.75) is 18.6 Å². The van der Waals surface area contributed by atoms with Gasteiger partial charge >= 0.3 is 6.09 Å². The highest BCUT2D eigenvalue weighted by Gasteiger charge is 2.36. The predicted molar refractivity (Wildman–Crippen MR) is 53.4 cm³/mol. The molecule has 1 aromatic rings. The van der Waals surface area contributed by atoms with Crippen molar-refractivity contribution < 1.29 is 18.7 Å². The number of halogens is 2. The largest absolute Gasteiger partial charge is 0.465 e. The SMILES string of the molecule is O=C(O)N1C[C@@H](F)C[C@@H]1c1cccc(F)c1. The Hall–Kier alpha value is -1.65. The number of hydrogen-bond acceptors (Lipinski definition) is 1. The minimum absolute atomic E-state index is 0.0930. The van der Waals surface area contributed by atoms with Crippen LogP contribution in [0.4, 0.5) is 13.6 Å². The summed E-state index contributed by atoms with van der Waals surface area (Å²) in [6, 6.07) is 5.05. The van der Waals surface area contributed by atoms with Crippen molar-refractivity contribution >= 4 is 6.09 Å². The van der Waals surface area contributed by atoms with Crippen LogP contribution >= 0.6 is 0 Å². The van der Waals surface area contributed by atoms with Gasteiger partial charge in [0.15, 0.2) is 0 Å². The van der Waals surface area contributed by atoms with Gasteiger partial charge in [-0.25, -0.2) is 13.6 Å². The Kier molecular flexibility index (Phi) is 2.77. The molecular formula is C11H11F2NO2. The summed E-state index contributed by atoms with van der Waals surface area (Å²) in [5.41, 5.74) is 0.502. The highest BCUT2D eigenvalue weighted by atomic mass is 19.1. The molecule has 0 saturated carbocycles. The number of alkyl halides is 1. The van der Waals surface area contributed by atoms with E-state index in [-0.39, 0.29) is 13.0 Å². The van der Waals surface area contributed by atoms with Gasteiger partial charge < -0.3 is 5.11 Å². The molecule has 5 heteroatoms. The fourth-order valence-electron chi connectivity index (χ4n) is 2.03. The summed E-state index contributed by atoms with van der Waals surface area (Å²) in [4.78, 5) is 11.9. The van der Waals surface area contributed by atoms with E-state index < -0.39 is 24.1 Å². The summed E-state index contributed by atoms with van der Waals surface area (Å²) in [7, 11) is 0. The van der Waals surface area contributed by atoms with Crippen molar-refractivity contribution in [3.8, 4) is 0 Å². The summed E-state index contributed by atoms with van der Waals surface area (Å²) in [6.45, 7) is -0.142. The van der Waals surface area contributed by atoms with E-state index in [1.165, 1.54) is 18.2 Å². The van der Waals surface area contributed by atoms with E-state index in [4.69, 9.17) is 5.11 Å². The number of amides is 1. The van der Waals surface area contributed by atoms with E-state index in [0.717, 1.165) is 4.90 Å². The maximum atomic E-state index is 13.2. The van der Waals surface area contributed by atoms with Gasteiger partial charge in [-0.2, -0.15) is 0 Å². The number of benzene rings is 1. The molecule has 0 aliphatic carbocycles. The molecule has 0 unspecified atom stereocenters. The van der Waals surface area contributed by atoms with E-state index in [2.05, 4.69) is 0 Å². The van der Waals surface area contributed by atoms with Gasteiger partial charge in [-0.1, -0.05) is 12.1 Å². The summed E-state index contributed by atoms with van der Waals surface area (Å²) in [6.07, 6.45) is -2.26. The quantitative estimate of drug-likeness (QED) is 0.801. The lowest BCUT2D eigenvalue weighted by Gasteiger charge is -2.21. The molecule has 1 N–H and O–H groups in total. The fourth-order valence-corrected chi connectivity index (χ4v) is 2.03. The smallest absolute Gasteiger partial charge is 0.407 e. The van der Waals surface area contributed by atoms with Gasteiger partial charge in [0.1, 0.15) is 12.0 Å². The molecule has 1 amide bonds. The minimum atomic E-state index is -1.18. The van der Waals surface area contributed by atoms with E-state index in [1.807, 2.05) is 0 Å². The first kappa shape index (κ1) is 10.9. The van der Waals surface area contributed by atoms with E-state index >= 15 is 0 Å². The number of nitrogens with zero attached hydrogens (tertiary/aromatic N) is 1. The van der Waals surface area contributed by atoms with Crippen LogP contribution in [-0.4, -0.2) is 28.8 Å². The van der Waals surface area contributed by atoms with Crippen LogP contribution in [0.2, 0.25) is 0 Å². The van der Waals surface area contributed by atoms with Crippen molar-refractivity contribution in [3.05, 3.63) is 35.6 Å². The van der Waals surface area contributed by atoms with Crippen molar-refractivity contribution in [1.29, 1.82) is 0 Å². The van der Waals surface area contributed by atoms with Gasteiger partial charge in [0.25, 0.3) is 0 Å². The Morgan fingerprint density at radius 3 is 2.88 bits per heavy atom. The molecule has 86 valence electrons. The second-order valence-electron chi connectivity index (χ2n) is 3.84. The molecule has 1 aromatic carbocycles. The van der Waals surface area contributed by atoms with Crippen LogP contribution in [0.15, 0.2) is 24.3 Å². The second kappa shape index (κ2) is 4.08. The third-order valence-corrected chi connectivity index (χ3v) is 2.73. The standard InChI is InChI=1S/C11H11F2NO2/c12-8-3-1-2-7(4-8)10-5-9(13)6-14(10)11(15)16/h1-4,9-10H,5-6H2,(H,15,16)/t9-,10+/m0/s1. The fraction of sp³-hybridized carbons (Fsp3) is 0.364. The molecule has 1 aliphatic heterocycles. The zero-order chi connectivity index (χ0) is 11.7. The molecule has 0 radical (unpaired) electrons. The Balaban J connectivity index is 2.28. The van der Waals surface area contributed by atoms with Gasteiger partial charge in [-0.15, -0.1) is 0 Å². The highest BCUT2D eigenvalue weighted by molar-refractivity contribution is 5.66. The summed E-state index contributed by atoms with van der Waals surface area (Å²) >= 11 is 0. The molecule has 1 aliphatic rings. The summed E-state index contributed by atoms with van der Waals surface area (Å²) < 4.78 is 26.2. The zero-order valence-electron chi connectivity index (χ0n) is 8.44. The first-order valence-electron chi connectivity index (χ1n) is 4.97. The predicted octanol–water partition coefficient (Wildman–Crippen LogP) is 2.59. The van der Waals surface area contributed by atoms with Crippen LogP contribution in [0.5, 0.6) is 0 Å². The lowest BCUT2D eigenvalue weighted by atomic mass is 10.0. The van der Waals surface area contributed by atoms with E-state index in [9.17, 15) is 13.6 Å². The molecule has 3 nitrogen and oxygen atoms in total. The molecule has 16 heavy (non-hydrogen) atoms. The molecule has 0 aromatic heterocycles. The number of hydrogen-bond donors (Lipinski definition) is 1. The lowest BCUT2D eigenvalue weighted by molar-refractivity contribution is 0.138. The highest BCUT2D eigenvalue weighted by Crippen LogP contribution is 2.33. The third kappa shape index (κ3) is 1.98. The maximum absolute atomic E-state index is 13.2.